The summed E-state index contributed by atoms with van der Waals surface area (Å²) in [5.41, 5.74) is 1.69. The van der Waals surface area contributed by atoms with Gasteiger partial charge in [-0.3, -0.25) is 4.40 Å². The maximum absolute atomic E-state index is 12.5. The lowest BCUT2D eigenvalue weighted by Gasteiger charge is -2.10. The first kappa shape index (κ1) is 20.9. The third kappa shape index (κ3) is 4.78. The Morgan fingerprint density at radius 1 is 1.23 bits per heavy atom. The lowest BCUT2D eigenvalue weighted by Crippen LogP contribution is -2.08. The molecule has 0 saturated carbocycles. The minimum absolute atomic E-state index is 0.0370. The number of hydrogen-bond acceptors (Lipinski definition) is 6. The number of benzene rings is 1. The first-order chi connectivity index (χ1) is 14.5. The number of ether oxygens (including phenoxy) is 3. The highest BCUT2D eigenvalue weighted by molar-refractivity contribution is 5.98. The summed E-state index contributed by atoms with van der Waals surface area (Å²) < 4.78 is 18.5. The molecule has 2 heterocycles. The van der Waals surface area contributed by atoms with Crippen molar-refractivity contribution in [2.75, 3.05) is 6.61 Å². The molecule has 0 unspecified atom stereocenters. The summed E-state index contributed by atoms with van der Waals surface area (Å²) in [6.07, 6.45) is 3.16. The quantitative estimate of drug-likeness (QED) is 0.318. The van der Waals surface area contributed by atoms with Gasteiger partial charge in [-0.05, 0) is 44.5 Å². The Bertz CT molecular complexity index is 1090. The second-order valence-corrected chi connectivity index (χ2v) is 6.70. The van der Waals surface area contributed by atoms with E-state index in [-0.39, 0.29) is 18.3 Å². The number of carbonyl (C=O) groups is 1. The van der Waals surface area contributed by atoms with Gasteiger partial charge in [-0.25, -0.2) is 4.79 Å². The van der Waals surface area contributed by atoms with Crippen LogP contribution >= 0.6 is 0 Å². The highest BCUT2D eigenvalue weighted by atomic mass is 16.5. The monoisotopic (exact) mass is 405 g/mol. The highest BCUT2D eigenvalue weighted by Crippen LogP contribution is 2.29. The molecule has 0 aliphatic rings. The fourth-order valence-electron chi connectivity index (χ4n) is 2.83. The Morgan fingerprint density at radius 2 is 2.00 bits per heavy atom. The molecule has 1 aromatic carbocycles. The van der Waals surface area contributed by atoms with Crippen molar-refractivity contribution in [3.05, 3.63) is 65.5 Å². The second kappa shape index (κ2) is 9.61. The number of nitrogens with zero attached hydrogens (tertiary/aromatic N) is 3. The molecule has 0 spiro atoms. The number of esters is 1. The zero-order valence-electron chi connectivity index (χ0n) is 17.2. The molecule has 0 aliphatic carbocycles. The van der Waals surface area contributed by atoms with E-state index in [4.69, 9.17) is 14.2 Å². The van der Waals surface area contributed by atoms with Gasteiger partial charge in [-0.2, -0.15) is 10.2 Å². The van der Waals surface area contributed by atoms with Gasteiger partial charge in [0, 0.05) is 6.20 Å². The predicted molar refractivity (Wildman–Crippen MR) is 112 cm³/mol. The number of pyridine rings is 1. The number of imidazole rings is 1. The van der Waals surface area contributed by atoms with E-state index in [9.17, 15) is 10.1 Å². The van der Waals surface area contributed by atoms with Crippen LogP contribution < -0.4 is 9.47 Å². The molecule has 0 atom stereocenters. The van der Waals surface area contributed by atoms with Gasteiger partial charge in [0.05, 0.1) is 12.7 Å². The van der Waals surface area contributed by atoms with Crippen molar-refractivity contribution < 1.29 is 19.0 Å². The van der Waals surface area contributed by atoms with Gasteiger partial charge in [0.25, 0.3) is 0 Å². The van der Waals surface area contributed by atoms with Crippen LogP contribution in [0.5, 0.6) is 11.6 Å². The Kier molecular flexibility index (Phi) is 6.71. The number of aromatic nitrogens is 2. The van der Waals surface area contributed by atoms with Gasteiger partial charge in [0.1, 0.15) is 23.9 Å². The summed E-state index contributed by atoms with van der Waals surface area (Å²) in [6, 6.07) is 14.8. The van der Waals surface area contributed by atoms with E-state index in [0.29, 0.717) is 29.6 Å². The summed E-state index contributed by atoms with van der Waals surface area (Å²) in [4.78, 5) is 17.0. The summed E-state index contributed by atoms with van der Waals surface area (Å²) in [5.74, 6) is 0.174. The van der Waals surface area contributed by atoms with Crippen molar-refractivity contribution in [3.63, 3.8) is 0 Å². The van der Waals surface area contributed by atoms with E-state index in [1.54, 1.807) is 16.7 Å². The molecule has 0 amide bonds. The van der Waals surface area contributed by atoms with Gasteiger partial charge in [0.15, 0.2) is 11.4 Å². The van der Waals surface area contributed by atoms with E-state index in [1.807, 2.05) is 63.2 Å². The van der Waals surface area contributed by atoms with Crippen LogP contribution in [0.3, 0.4) is 0 Å². The minimum atomic E-state index is -0.715. The molecule has 30 heavy (non-hydrogen) atoms. The zero-order valence-corrected chi connectivity index (χ0v) is 17.2. The third-order valence-electron chi connectivity index (χ3n) is 4.10. The van der Waals surface area contributed by atoms with Crippen LogP contribution in [-0.4, -0.2) is 28.1 Å². The number of carbonyl (C=O) groups excluding carboxylic acids is 1. The largest absolute Gasteiger partial charge is 0.487 e. The Labute approximate surface area is 175 Å². The molecule has 2 aromatic heterocycles. The number of nitriles is 1. The Balaban J connectivity index is 1.96. The summed E-state index contributed by atoms with van der Waals surface area (Å²) in [7, 11) is 0. The van der Waals surface area contributed by atoms with Crippen molar-refractivity contribution in [2.45, 2.75) is 33.5 Å². The van der Waals surface area contributed by atoms with E-state index in [2.05, 4.69) is 4.98 Å². The van der Waals surface area contributed by atoms with E-state index < -0.39 is 5.97 Å². The Morgan fingerprint density at radius 3 is 2.67 bits per heavy atom. The average molecular weight is 405 g/mol. The molecular formula is C23H23N3O4. The topological polar surface area (TPSA) is 85.9 Å². The maximum atomic E-state index is 12.5. The zero-order chi connectivity index (χ0) is 21.5. The van der Waals surface area contributed by atoms with Crippen LogP contribution in [0.15, 0.2) is 54.2 Å². The minimum Gasteiger partial charge on any atom is -0.487 e. The van der Waals surface area contributed by atoms with E-state index in [0.717, 1.165) is 5.56 Å². The van der Waals surface area contributed by atoms with Crippen LogP contribution in [0.4, 0.5) is 0 Å². The number of hydrogen-bond donors (Lipinski definition) is 0. The maximum Gasteiger partial charge on any atom is 0.349 e. The van der Waals surface area contributed by atoms with Crippen molar-refractivity contribution in [3.8, 4) is 17.7 Å². The molecule has 0 saturated heterocycles. The third-order valence-corrected chi connectivity index (χ3v) is 4.10. The summed E-state index contributed by atoms with van der Waals surface area (Å²) >= 11 is 0. The molecule has 154 valence electrons. The standard InChI is InChI=1S/C23H23N3O4/c1-4-28-22-19(26-12-8-11-20(21(26)25-22)30-16(2)3)13-18(14-24)23(27)29-15-17-9-6-5-7-10-17/h5-13,16H,4,15H2,1-3H3/b18-13-. The summed E-state index contributed by atoms with van der Waals surface area (Å²) in [5, 5.41) is 9.54. The first-order valence-corrected chi connectivity index (χ1v) is 9.66. The van der Waals surface area contributed by atoms with Crippen molar-refractivity contribution in [1.29, 1.82) is 5.26 Å². The predicted octanol–water partition coefficient (Wildman–Crippen LogP) is 4.17. The van der Waals surface area contributed by atoms with E-state index in [1.165, 1.54) is 6.08 Å². The summed E-state index contributed by atoms with van der Waals surface area (Å²) in [6.45, 7) is 6.14. The van der Waals surface area contributed by atoms with Crippen molar-refractivity contribution in [1.82, 2.24) is 9.38 Å². The molecule has 0 radical (unpaired) electrons. The van der Waals surface area contributed by atoms with Crippen LogP contribution in [0, 0.1) is 11.3 Å². The lowest BCUT2D eigenvalue weighted by atomic mass is 10.2. The molecule has 0 aliphatic heterocycles. The molecule has 3 aromatic rings. The van der Waals surface area contributed by atoms with Crippen molar-refractivity contribution in [2.24, 2.45) is 0 Å². The molecule has 7 heteroatoms. The SMILES string of the molecule is CCOc1nc2c(OC(C)C)cccn2c1/C=C(/C#N)C(=O)OCc1ccccc1. The normalized spacial score (nSPS) is 11.4. The van der Waals surface area contributed by atoms with Crippen molar-refractivity contribution >= 4 is 17.7 Å². The Hall–Kier alpha value is -3.79. The molecule has 0 N–H and O–H groups in total. The van der Waals surface area contributed by atoms with Crippen LogP contribution in [0.2, 0.25) is 0 Å². The number of fused-ring (bicyclic) bond motifs is 1. The first-order valence-electron chi connectivity index (χ1n) is 9.66. The van der Waals surface area contributed by atoms with Gasteiger partial charge in [-0.1, -0.05) is 30.3 Å². The van der Waals surface area contributed by atoms with Gasteiger partial charge in [-0.15, -0.1) is 0 Å². The average Bonchev–Trinajstić information content (AvgIpc) is 3.09. The van der Waals surface area contributed by atoms with Gasteiger partial charge in [0.2, 0.25) is 5.88 Å². The van der Waals surface area contributed by atoms with Crippen LogP contribution in [0.25, 0.3) is 11.7 Å². The molecule has 0 bridgehead atoms. The molecule has 0 fully saturated rings. The van der Waals surface area contributed by atoms with Gasteiger partial charge >= 0.3 is 5.97 Å². The van der Waals surface area contributed by atoms with Crippen LogP contribution in [0.1, 0.15) is 32.0 Å². The fourth-order valence-corrected chi connectivity index (χ4v) is 2.83. The van der Waals surface area contributed by atoms with E-state index >= 15 is 0 Å². The molecular weight excluding hydrogens is 382 g/mol. The lowest BCUT2D eigenvalue weighted by molar-refractivity contribution is -0.139. The van der Waals surface area contributed by atoms with Gasteiger partial charge < -0.3 is 14.2 Å². The fraction of sp³-hybridized carbons (Fsp3) is 0.261. The molecule has 3 rings (SSSR count). The van der Waals surface area contributed by atoms with Crippen LogP contribution in [-0.2, 0) is 16.1 Å². The highest BCUT2D eigenvalue weighted by Gasteiger charge is 2.19. The second-order valence-electron chi connectivity index (χ2n) is 6.70. The smallest absolute Gasteiger partial charge is 0.349 e. The number of rotatable bonds is 8. The molecule has 7 nitrogen and oxygen atoms in total.